The van der Waals surface area contributed by atoms with E-state index in [1.165, 1.54) is 24.0 Å². The van der Waals surface area contributed by atoms with E-state index in [1.54, 1.807) is 0 Å². The van der Waals surface area contributed by atoms with Gasteiger partial charge in [-0.3, -0.25) is 0 Å². The lowest BCUT2D eigenvalue weighted by Gasteiger charge is -2.42. The lowest BCUT2D eigenvalue weighted by atomic mass is 9.63. The van der Waals surface area contributed by atoms with Gasteiger partial charge in [0.1, 0.15) is 5.82 Å². The molecule has 0 atom stereocenters. The zero-order valence-electron chi connectivity index (χ0n) is 16.5. The molecule has 0 amide bonds. The van der Waals surface area contributed by atoms with E-state index in [-0.39, 0.29) is 10.8 Å². The summed E-state index contributed by atoms with van der Waals surface area (Å²) in [5, 5.41) is 3.40. The van der Waals surface area contributed by atoms with Crippen LogP contribution in [-0.2, 0) is 10.8 Å². The summed E-state index contributed by atoms with van der Waals surface area (Å²) in [6.07, 6.45) is 4.35. The van der Waals surface area contributed by atoms with E-state index in [0.29, 0.717) is 0 Å². The maximum atomic E-state index is 4.89. The Morgan fingerprint density at radius 2 is 1.62 bits per heavy atom. The lowest BCUT2D eigenvalue weighted by Crippen LogP contribution is -2.43. The number of benzene rings is 1. The number of hydrogen-bond acceptors (Lipinski definition) is 4. The minimum absolute atomic E-state index is 0.205. The molecule has 138 valence electrons. The Bertz CT molecular complexity index is 804. The zero-order chi connectivity index (χ0) is 18.4. The molecule has 1 aromatic heterocycles. The van der Waals surface area contributed by atoms with E-state index in [4.69, 9.17) is 4.98 Å². The third-order valence-corrected chi connectivity index (χ3v) is 6.19. The number of rotatable bonds is 2. The number of aromatic nitrogens is 2. The first-order valence-corrected chi connectivity index (χ1v) is 9.81. The van der Waals surface area contributed by atoms with Crippen LogP contribution in [0.1, 0.15) is 51.7 Å². The third kappa shape index (κ3) is 3.11. The van der Waals surface area contributed by atoms with Crippen LogP contribution in [-0.4, -0.2) is 36.1 Å². The Kier molecular flexibility index (Phi) is 4.26. The molecule has 1 aliphatic carbocycles. The minimum atomic E-state index is 0.205. The molecule has 0 saturated carbocycles. The molecule has 1 N–H and O–H groups in total. The largest absolute Gasteiger partial charge is 0.354 e. The molecule has 2 heterocycles. The number of nitrogens with zero attached hydrogens (tertiary/aromatic N) is 3. The normalized spacial score (nSPS) is 21.3. The van der Waals surface area contributed by atoms with Crippen LogP contribution in [0.2, 0.25) is 0 Å². The van der Waals surface area contributed by atoms with Crippen molar-refractivity contribution >= 4 is 5.82 Å². The third-order valence-electron chi connectivity index (χ3n) is 6.19. The predicted octanol–water partition coefficient (Wildman–Crippen LogP) is 3.90. The first kappa shape index (κ1) is 17.5. The number of hydrogen-bond donors (Lipinski definition) is 1. The highest BCUT2D eigenvalue weighted by Crippen LogP contribution is 2.46. The molecular weight excluding hydrogens is 320 g/mol. The highest BCUT2D eigenvalue weighted by atomic mass is 15.2. The topological polar surface area (TPSA) is 41.1 Å². The van der Waals surface area contributed by atoms with Gasteiger partial charge < -0.3 is 10.2 Å². The van der Waals surface area contributed by atoms with Gasteiger partial charge in [-0.2, -0.15) is 0 Å². The van der Waals surface area contributed by atoms with Crippen molar-refractivity contribution < 1.29 is 0 Å². The maximum absolute atomic E-state index is 4.89. The van der Waals surface area contributed by atoms with Gasteiger partial charge in [0.2, 0.25) is 0 Å². The number of nitrogens with one attached hydrogen (secondary N) is 1. The molecule has 1 fully saturated rings. The number of fused-ring (bicyclic) bond motifs is 1. The van der Waals surface area contributed by atoms with Crippen LogP contribution in [0.4, 0.5) is 5.82 Å². The summed E-state index contributed by atoms with van der Waals surface area (Å²) in [6, 6.07) is 8.89. The molecule has 2 aromatic rings. The van der Waals surface area contributed by atoms with Gasteiger partial charge in [-0.15, -0.1) is 0 Å². The number of anilines is 1. The second-order valence-corrected chi connectivity index (χ2v) is 9.00. The average molecular weight is 351 g/mol. The molecule has 0 unspecified atom stereocenters. The molecule has 26 heavy (non-hydrogen) atoms. The fourth-order valence-electron chi connectivity index (χ4n) is 4.29. The van der Waals surface area contributed by atoms with Gasteiger partial charge in [0.15, 0.2) is 5.82 Å². The van der Waals surface area contributed by atoms with Gasteiger partial charge in [0, 0.05) is 37.9 Å². The SMILES string of the molecule is CC1(C)CCC(C)(C)c2cc(-c3nccc(N4CCNCC4)n3)ccc21. The van der Waals surface area contributed by atoms with Crippen LogP contribution in [0.5, 0.6) is 0 Å². The van der Waals surface area contributed by atoms with Crippen molar-refractivity contribution in [2.24, 2.45) is 0 Å². The van der Waals surface area contributed by atoms with Gasteiger partial charge >= 0.3 is 0 Å². The molecule has 1 saturated heterocycles. The van der Waals surface area contributed by atoms with Gasteiger partial charge in [-0.25, -0.2) is 9.97 Å². The molecular formula is C22H30N4. The van der Waals surface area contributed by atoms with Gasteiger partial charge in [-0.05, 0) is 46.9 Å². The monoisotopic (exact) mass is 350 g/mol. The van der Waals surface area contributed by atoms with E-state index < -0.39 is 0 Å². The fourth-order valence-corrected chi connectivity index (χ4v) is 4.29. The van der Waals surface area contributed by atoms with Crippen molar-refractivity contribution in [2.75, 3.05) is 31.1 Å². The summed E-state index contributed by atoms with van der Waals surface area (Å²) in [5.41, 5.74) is 4.52. The molecule has 4 heteroatoms. The standard InChI is InChI=1S/C22H30N4/c1-21(2)8-9-22(3,4)18-15-16(5-6-17(18)21)20-24-10-7-19(25-20)26-13-11-23-12-14-26/h5-7,10,15,23H,8-9,11-14H2,1-4H3. The van der Waals surface area contributed by atoms with Gasteiger partial charge in [0.05, 0.1) is 0 Å². The fraction of sp³-hybridized carbons (Fsp3) is 0.545. The summed E-state index contributed by atoms with van der Waals surface area (Å²) in [4.78, 5) is 11.8. The summed E-state index contributed by atoms with van der Waals surface area (Å²) >= 11 is 0. The van der Waals surface area contributed by atoms with Crippen LogP contribution in [0, 0.1) is 0 Å². The van der Waals surface area contributed by atoms with Crippen LogP contribution in [0.3, 0.4) is 0 Å². The summed E-state index contributed by atoms with van der Waals surface area (Å²) < 4.78 is 0. The van der Waals surface area contributed by atoms with Crippen molar-refractivity contribution in [3.05, 3.63) is 41.6 Å². The van der Waals surface area contributed by atoms with Crippen LogP contribution >= 0.6 is 0 Å². The Morgan fingerprint density at radius 3 is 2.35 bits per heavy atom. The van der Waals surface area contributed by atoms with E-state index >= 15 is 0 Å². The molecule has 0 spiro atoms. The Morgan fingerprint density at radius 1 is 0.923 bits per heavy atom. The quantitative estimate of drug-likeness (QED) is 0.892. The maximum Gasteiger partial charge on any atom is 0.161 e. The van der Waals surface area contributed by atoms with Crippen LogP contribution in [0.25, 0.3) is 11.4 Å². The van der Waals surface area contributed by atoms with Crippen LogP contribution < -0.4 is 10.2 Å². The van der Waals surface area contributed by atoms with E-state index in [1.807, 2.05) is 12.3 Å². The molecule has 1 aliphatic heterocycles. The Labute approximate surface area is 157 Å². The second-order valence-electron chi connectivity index (χ2n) is 9.00. The molecule has 4 rings (SSSR count). The van der Waals surface area contributed by atoms with Gasteiger partial charge in [0.25, 0.3) is 0 Å². The van der Waals surface area contributed by atoms with Crippen molar-refractivity contribution in [3.63, 3.8) is 0 Å². The van der Waals surface area contributed by atoms with Crippen molar-refractivity contribution in [1.82, 2.24) is 15.3 Å². The smallest absolute Gasteiger partial charge is 0.161 e. The summed E-state index contributed by atoms with van der Waals surface area (Å²) in [5.74, 6) is 1.87. The average Bonchev–Trinajstić information content (AvgIpc) is 2.66. The predicted molar refractivity (Wildman–Crippen MR) is 108 cm³/mol. The first-order valence-electron chi connectivity index (χ1n) is 9.81. The minimum Gasteiger partial charge on any atom is -0.354 e. The molecule has 1 aromatic carbocycles. The summed E-state index contributed by atoms with van der Waals surface area (Å²) in [7, 11) is 0. The highest BCUT2D eigenvalue weighted by Gasteiger charge is 2.37. The first-order chi connectivity index (χ1) is 12.4. The summed E-state index contributed by atoms with van der Waals surface area (Å²) in [6.45, 7) is 13.5. The zero-order valence-corrected chi connectivity index (χ0v) is 16.5. The van der Waals surface area contributed by atoms with Crippen molar-refractivity contribution in [3.8, 4) is 11.4 Å². The van der Waals surface area contributed by atoms with Crippen LogP contribution in [0.15, 0.2) is 30.5 Å². The molecule has 0 bridgehead atoms. The van der Waals surface area contributed by atoms with Crippen molar-refractivity contribution in [2.45, 2.75) is 51.4 Å². The van der Waals surface area contributed by atoms with Crippen molar-refractivity contribution in [1.29, 1.82) is 0 Å². The second kappa shape index (κ2) is 6.34. The molecule has 4 nitrogen and oxygen atoms in total. The highest BCUT2D eigenvalue weighted by molar-refractivity contribution is 5.61. The lowest BCUT2D eigenvalue weighted by molar-refractivity contribution is 0.332. The number of piperazine rings is 1. The molecule has 2 aliphatic rings. The van der Waals surface area contributed by atoms with E-state index in [9.17, 15) is 0 Å². The Balaban J connectivity index is 1.73. The van der Waals surface area contributed by atoms with E-state index in [0.717, 1.165) is 43.4 Å². The molecule has 0 radical (unpaired) electrons. The van der Waals surface area contributed by atoms with E-state index in [2.05, 4.69) is 61.1 Å². The Hall–Kier alpha value is -1.94. The van der Waals surface area contributed by atoms with Gasteiger partial charge in [-0.1, -0.05) is 39.8 Å².